The van der Waals surface area contributed by atoms with Crippen molar-refractivity contribution in [3.8, 4) is 0 Å². The van der Waals surface area contributed by atoms with E-state index >= 15 is 0 Å². The minimum Gasteiger partial charge on any atom is -0.292 e. The molecule has 0 aliphatic heterocycles. The molecule has 0 saturated carbocycles. The highest BCUT2D eigenvalue weighted by molar-refractivity contribution is 6.30. The Bertz CT molecular complexity index is 565. The number of halogens is 2. The Morgan fingerprint density at radius 3 is 2.82 bits per heavy atom. The summed E-state index contributed by atoms with van der Waals surface area (Å²) >= 11 is 5.65. The molecular weight excluding hydrogens is 243 g/mol. The molecule has 0 atom stereocenters. The molecule has 1 aromatic carbocycles. The van der Waals surface area contributed by atoms with Crippen molar-refractivity contribution < 1.29 is 9.18 Å². The smallest absolute Gasteiger partial charge is 0.185 e. The van der Waals surface area contributed by atoms with Gasteiger partial charge < -0.3 is 0 Å². The van der Waals surface area contributed by atoms with Crippen molar-refractivity contribution >= 4 is 17.4 Å². The third kappa shape index (κ3) is 2.53. The molecule has 2 aromatic rings. The van der Waals surface area contributed by atoms with E-state index in [9.17, 15) is 9.18 Å². The molecule has 2 rings (SSSR count). The summed E-state index contributed by atoms with van der Waals surface area (Å²) in [4.78, 5) is 11.9. The van der Waals surface area contributed by atoms with Gasteiger partial charge in [0.25, 0.3) is 0 Å². The van der Waals surface area contributed by atoms with Gasteiger partial charge in [-0.1, -0.05) is 17.7 Å². The lowest BCUT2D eigenvalue weighted by Gasteiger charge is -2.03. The number of ketones is 1. The van der Waals surface area contributed by atoms with Gasteiger partial charge in [-0.05, 0) is 23.8 Å². The second-order valence-corrected chi connectivity index (χ2v) is 4.10. The predicted octanol–water partition coefficient (Wildman–Crippen LogP) is 2.64. The van der Waals surface area contributed by atoms with Crippen molar-refractivity contribution in [1.29, 1.82) is 0 Å². The van der Waals surface area contributed by atoms with Gasteiger partial charge in [0.1, 0.15) is 11.5 Å². The number of aryl methyl sites for hydroxylation is 1. The van der Waals surface area contributed by atoms with Crippen molar-refractivity contribution in [1.82, 2.24) is 9.78 Å². The summed E-state index contributed by atoms with van der Waals surface area (Å²) in [6, 6.07) is 5.92. The number of hydrogen-bond acceptors (Lipinski definition) is 2. The molecule has 5 heteroatoms. The third-order valence-electron chi connectivity index (χ3n) is 2.46. The normalized spacial score (nSPS) is 10.5. The first kappa shape index (κ1) is 11.8. The van der Waals surface area contributed by atoms with Crippen molar-refractivity contribution in [2.45, 2.75) is 6.42 Å². The fourth-order valence-electron chi connectivity index (χ4n) is 1.57. The highest BCUT2D eigenvalue weighted by Crippen LogP contribution is 2.17. The third-order valence-corrected chi connectivity index (χ3v) is 2.74. The lowest BCUT2D eigenvalue weighted by Crippen LogP contribution is -2.09. The summed E-state index contributed by atoms with van der Waals surface area (Å²) in [6.07, 6.45) is 1.74. The van der Waals surface area contributed by atoms with E-state index in [1.807, 2.05) is 0 Å². The maximum Gasteiger partial charge on any atom is 0.185 e. The Morgan fingerprint density at radius 1 is 1.47 bits per heavy atom. The van der Waals surface area contributed by atoms with Crippen LogP contribution in [0.25, 0.3) is 0 Å². The van der Waals surface area contributed by atoms with Crippen LogP contribution < -0.4 is 0 Å². The average molecular weight is 253 g/mol. The van der Waals surface area contributed by atoms with Crippen LogP contribution >= 0.6 is 11.6 Å². The number of carbonyl (C=O) groups is 1. The average Bonchev–Trinajstić information content (AvgIpc) is 2.70. The fourth-order valence-corrected chi connectivity index (χ4v) is 1.78. The van der Waals surface area contributed by atoms with E-state index in [1.165, 1.54) is 16.8 Å². The Balaban J connectivity index is 2.19. The maximum absolute atomic E-state index is 12.9. The van der Waals surface area contributed by atoms with Crippen LogP contribution in [-0.2, 0) is 13.5 Å². The number of hydrogen-bond donors (Lipinski definition) is 0. The molecule has 88 valence electrons. The van der Waals surface area contributed by atoms with E-state index in [1.54, 1.807) is 25.4 Å². The van der Waals surface area contributed by atoms with Crippen LogP contribution in [0.2, 0.25) is 5.02 Å². The molecule has 0 N–H and O–H groups in total. The number of Topliss-reactive ketones (excluding diaryl/α,β-unsaturated/α-hetero) is 1. The molecule has 0 radical (unpaired) electrons. The van der Waals surface area contributed by atoms with E-state index in [4.69, 9.17) is 11.6 Å². The SMILES string of the molecule is Cn1nccc1C(=O)Cc1ccc(F)c(Cl)c1. The topological polar surface area (TPSA) is 34.9 Å². The molecule has 0 bridgehead atoms. The van der Waals surface area contributed by atoms with Gasteiger partial charge in [0.05, 0.1) is 5.02 Å². The molecule has 0 unspecified atom stereocenters. The van der Waals surface area contributed by atoms with Crippen LogP contribution in [-0.4, -0.2) is 15.6 Å². The van der Waals surface area contributed by atoms with Gasteiger partial charge in [-0.25, -0.2) is 4.39 Å². The molecule has 0 fully saturated rings. The monoisotopic (exact) mass is 252 g/mol. The molecule has 3 nitrogen and oxygen atoms in total. The van der Waals surface area contributed by atoms with E-state index in [0.717, 1.165) is 0 Å². The number of rotatable bonds is 3. The lowest BCUT2D eigenvalue weighted by atomic mass is 10.1. The first-order chi connectivity index (χ1) is 8.08. The zero-order valence-electron chi connectivity index (χ0n) is 9.15. The quantitative estimate of drug-likeness (QED) is 0.787. The summed E-state index contributed by atoms with van der Waals surface area (Å²) in [5.41, 5.74) is 1.20. The minimum absolute atomic E-state index is 0.0281. The van der Waals surface area contributed by atoms with Crippen LogP contribution in [0.5, 0.6) is 0 Å². The summed E-state index contributed by atoms with van der Waals surface area (Å²) in [5, 5.41) is 3.95. The van der Waals surface area contributed by atoms with Crippen molar-refractivity contribution in [2.75, 3.05) is 0 Å². The van der Waals surface area contributed by atoms with Gasteiger partial charge in [0.2, 0.25) is 0 Å². The number of carbonyl (C=O) groups excluding carboxylic acids is 1. The lowest BCUT2D eigenvalue weighted by molar-refractivity contribution is 0.0984. The fraction of sp³-hybridized carbons (Fsp3) is 0.167. The Morgan fingerprint density at radius 2 is 2.24 bits per heavy atom. The highest BCUT2D eigenvalue weighted by Gasteiger charge is 2.11. The number of nitrogens with zero attached hydrogens (tertiary/aromatic N) is 2. The number of aromatic nitrogens is 2. The summed E-state index contributed by atoms with van der Waals surface area (Å²) in [6.45, 7) is 0. The van der Waals surface area contributed by atoms with Crippen LogP contribution in [0.15, 0.2) is 30.5 Å². The standard InChI is InChI=1S/C12H10ClFN2O/c1-16-11(4-5-15-16)12(17)7-8-2-3-10(14)9(13)6-8/h2-6H,7H2,1H3. The van der Waals surface area contributed by atoms with Gasteiger partial charge in [0, 0.05) is 19.7 Å². The van der Waals surface area contributed by atoms with Crippen molar-refractivity contribution in [3.05, 3.63) is 52.6 Å². The maximum atomic E-state index is 12.9. The zero-order valence-corrected chi connectivity index (χ0v) is 9.91. The molecule has 17 heavy (non-hydrogen) atoms. The van der Waals surface area contributed by atoms with Gasteiger partial charge in [-0.2, -0.15) is 5.10 Å². The predicted molar refractivity (Wildman–Crippen MR) is 62.7 cm³/mol. The molecule has 0 amide bonds. The number of benzene rings is 1. The van der Waals surface area contributed by atoms with Gasteiger partial charge >= 0.3 is 0 Å². The van der Waals surface area contributed by atoms with Crippen LogP contribution in [0, 0.1) is 5.82 Å². The van der Waals surface area contributed by atoms with Gasteiger partial charge in [-0.3, -0.25) is 9.48 Å². The minimum atomic E-state index is -0.483. The molecule has 0 spiro atoms. The summed E-state index contributed by atoms with van der Waals surface area (Å²) in [7, 11) is 1.70. The Labute approximate surface area is 103 Å². The van der Waals surface area contributed by atoms with E-state index in [2.05, 4.69) is 5.10 Å². The van der Waals surface area contributed by atoms with Crippen LogP contribution in [0.4, 0.5) is 4.39 Å². The first-order valence-electron chi connectivity index (χ1n) is 5.03. The van der Waals surface area contributed by atoms with Crippen LogP contribution in [0.1, 0.15) is 16.1 Å². The van der Waals surface area contributed by atoms with Gasteiger partial charge in [-0.15, -0.1) is 0 Å². The molecule has 0 aliphatic carbocycles. The molecular formula is C12H10ClFN2O. The Kier molecular flexibility index (Phi) is 3.24. The summed E-state index contributed by atoms with van der Waals surface area (Å²) < 4.78 is 14.5. The van der Waals surface area contributed by atoms with Gasteiger partial charge in [0.15, 0.2) is 5.78 Å². The second kappa shape index (κ2) is 4.67. The first-order valence-corrected chi connectivity index (χ1v) is 5.41. The van der Waals surface area contributed by atoms with Crippen molar-refractivity contribution in [3.63, 3.8) is 0 Å². The largest absolute Gasteiger partial charge is 0.292 e. The van der Waals surface area contributed by atoms with E-state index in [0.29, 0.717) is 11.3 Å². The van der Waals surface area contributed by atoms with E-state index < -0.39 is 5.82 Å². The zero-order chi connectivity index (χ0) is 12.4. The Hall–Kier alpha value is -1.68. The van der Waals surface area contributed by atoms with E-state index in [-0.39, 0.29) is 17.2 Å². The summed E-state index contributed by atoms with van der Waals surface area (Å²) in [5.74, 6) is -0.559. The molecule has 1 aromatic heterocycles. The highest BCUT2D eigenvalue weighted by atomic mass is 35.5. The molecule has 1 heterocycles. The van der Waals surface area contributed by atoms with Crippen molar-refractivity contribution in [2.24, 2.45) is 7.05 Å². The second-order valence-electron chi connectivity index (χ2n) is 3.69. The molecule has 0 saturated heterocycles. The van der Waals surface area contributed by atoms with Crippen LogP contribution in [0.3, 0.4) is 0 Å². The molecule has 0 aliphatic rings.